The van der Waals surface area contributed by atoms with Crippen LogP contribution in [-0.4, -0.2) is 30.9 Å². The Hall–Kier alpha value is -3.87. The van der Waals surface area contributed by atoms with Crippen LogP contribution in [0.15, 0.2) is 60.7 Å². The summed E-state index contributed by atoms with van der Waals surface area (Å²) in [6, 6.07) is 17.1. The molecule has 0 aromatic heterocycles. The Morgan fingerprint density at radius 1 is 0.844 bits per heavy atom. The van der Waals surface area contributed by atoms with Crippen molar-refractivity contribution in [2.45, 2.75) is 32.7 Å². The molecule has 3 aromatic rings. The fourth-order valence-electron chi connectivity index (χ4n) is 3.20. The molecule has 0 spiro atoms. The van der Waals surface area contributed by atoms with Crippen LogP contribution in [0.5, 0.6) is 11.5 Å². The zero-order valence-electron chi connectivity index (χ0n) is 18.5. The first-order valence-electron chi connectivity index (χ1n) is 10.2. The third-order valence-electron chi connectivity index (χ3n) is 5.07. The van der Waals surface area contributed by atoms with Gasteiger partial charge in [0.2, 0.25) is 11.8 Å². The van der Waals surface area contributed by atoms with Crippen molar-refractivity contribution in [3.8, 4) is 11.5 Å². The van der Waals surface area contributed by atoms with Gasteiger partial charge in [-0.1, -0.05) is 24.3 Å². The first-order valence-corrected chi connectivity index (χ1v) is 10.2. The molecule has 0 unspecified atom stereocenters. The van der Waals surface area contributed by atoms with E-state index in [9.17, 15) is 14.4 Å². The van der Waals surface area contributed by atoms with Gasteiger partial charge in [-0.3, -0.25) is 9.59 Å². The van der Waals surface area contributed by atoms with Crippen molar-refractivity contribution in [3.05, 3.63) is 66.2 Å². The summed E-state index contributed by atoms with van der Waals surface area (Å²) in [6.07, 6.45) is 0. The molecule has 0 fully saturated rings. The number of ether oxygens (including phenoxy) is 2. The van der Waals surface area contributed by atoms with Crippen molar-refractivity contribution in [3.63, 3.8) is 0 Å². The summed E-state index contributed by atoms with van der Waals surface area (Å²) in [4.78, 5) is 36.2. The molecule has 3 rings (SSSR count). The average molecular weight is 434 g/mol. The van der Waals surface area contributed by atoms with Crippen LogP contribution in [0.3, 0.4) is 0 Å². The zero-order chi connectivity index (χ0) is 23.3. The summed E-state index contributed by atoms with van der Waals surface area (Å²) < 4.78 is 10.6. The maximum Gasteiger partial charge on any atom is 0.333 e. The Balaban J connectivity index is 1.60. The van der Waals surface area contributed by atoms with E-state index in [0.29, 0.717) is 11.4 Å². The van der Waals surface area contributed by atoms with Gasteiger partial charge in [0.15, 0.2) is 0 Å². The second-order valence-electron chi connectivity index (χ2n) is 7.55. The Bertz CT molecular complexity index is 1140. The molecule has 0 saturated heterocycles. The summed E-state index contributed by atoms with van der Waals surface area (Å²) in [6.45, 7) is 4.78. The molecule has 0 aliphatic carbocycles. The molecule has 2 N–H and O–H groups in total. The molecular weight excluding hydrogens is 408 g/mol. The minimum absolute atomic E-state index is 0.189. The molecule has 2 amide bonds. The highest BCUT2D eigenvalue weighted by Gasteiger charge is 2.22. The smallest absolute Gasteiger partial charge is 0.333 e. The van der Waals surface area contributed by atoms with Crippen molar-refractivity contribution in [1.82, 2.24) is 5.32 Å². The van der Waals surface area contributed by atoms with Crippen LogP contribution >= 0.6 is 0 Å². The van der Waals surface area contributed by atoms with Crippen molar-refractivity contribution in [1.29, 1.82) is 0 Å². The van der Waals surface area contributed by atoms with Gasteiger partial charge in [0.05, 0.1) is 13.0 Å². The molecule has 7 heteroatoms. The highest BCUT2D eigenvalue weighted by Crippen LogP contribution is 2.25. The Kier molecular flexibility index (Phi) is 7.10. The van der Waals surface area contributed by atoms with Gasteiger partial charge in [-0.2, -0.15) is 0 Å². The van der Waals surface area contributed by atoms with Gasteiger partial charge in [-0.05, 0) is 66.6 Å². The van der Waals surface area contributed by atoms with E-state index in [-0.39, 0.29) is 11.8 Å². The fraction of sp³-hybridized carbons (Fsp3) is 0.240. The van der Waals surface area contributed by atoms with E-state index in [1.807, 2.05) is 36.4 Å². The van der Waals surface area contributed by atoms with Gasteiger partial charge >= 0.3 is 5.97 Å². The number of fused-ring (bicyclic) bond motifs is 1. The fourth-order valence-corrected chi connectivity index (χ4v) is 3.20. The number of nitrogens with one attached hydrogen (secondary N) is 2. The Labute approximate surface area is 186 Å². The second-order valence-corrected chi connectivity index (χ2v) is 7.55. The van der Waals surface area contributed by atoms with Gasteiger partial charge in [-0.25, -0.2) is 4.79 Å². The zero-order valence-corrected chi connectivity index (χ0v) is 18.5. The summed E-state index contributed by atoms with van der Waals surface area (Å²) in [7, 11) is 1.62. The van der Waals surface area contributed by atoms with E-state index in [1.165, 1.54) is 6.92 Å². The molecule has 0 aliphatic heterocycles. The first-order chi connectivity index (χ1) is 15.3. The van der Waals surface area contributed by atoms with Crippen molar-refractivity contribution in [2.24, 2.45) is 0 Å². The van der Waals surface area contributed by atoms with Crippen LogP contribution in [0.2, 0.25) is 0 Å². The topological polar surface area (TPSA) is 93.7 Å². The van der Waals surface area contributed by atoms with E-state index in [0.717, 1.165) is 22.1 Å². The first kappa shape index (κ1) is 22.8. The molecule has 3 aromatic carbocycles. The number of hydrogen-bond acceptors (Lipinski definition) is 5. The number of benzene rings is 3. The number of rotatable bonds is 7. The highest BCUT2D eigenvalue weighted by molar-refractivity contribution is 5.91. The lowest BCUT2D eigenvalue weighted by Gasteiger charge is -2.17. The number of hydrogen-bond donors (Lipinski definition) is 2. The molecule has 32 heavy (non-hydrogen) atoms. The minimum atomic E-state index is -0.829. The number of esters is 1. The molecule has 0 heterocycles. The van der Waals surface area contributed by atoms with Gasteiger partial charge in [0.1, 0.15) is 17.5 Å². The van der Waals surface area contributed by atoms with E-state index in [4.69, 9.17) is 9.47 Å². The van der Waals surface area contributed by atoms with Crippen molar-refractivity contribution >= 4 is 34.2 Å². The number of methoxy groups -OCH3 is 1. The van der Waals surface area contributed by atoms with Crippen LogP contribution in [0.25, 0.3) is 10.8 Å². The quantitative estimate of drug-likeness (QED) is 0.433. The lowest BCUT2D eigenvalue weighted by atomic mass is 9.96. The Morgan fingerprint density at radius 3 is 2.12 bits per heavy atom. The van der Waals surface area contributed by atoms with Crippen LogP contribution in [0.1, 0.15) is 32.3 Å². The largest absolute Gasteiger partial charge is 0.497 e. The van der Waals surface area contributed by atoms with Crippen LogP contribution in [0.4, 0.5) is 5.69 Å². The molecule has 7 nitrogen and oxygen atoms in total. The standard InChI is InChI=1S/C25H26N2O5/c1-15(18-5-6-20-14-23(31-4)10-7-19(20)13-18)24(29)26-16(2)25(30)32-22-11-8-21(9-12-22)27-17(3)28/h5-16H,1-4H3,(H,26,29)(H,27,28)/t15-,16-/m0/s1. The van der Waals surface area contributed by atoms with Gasteiger partial charge in [0, 0.05) is 12.6 Å². The maximum absolute atomic E-state index is 12.7. The molecule has 2 atom stereocenters. The number of carbonyl (C=O) groups excluding carboxylic acids is 3. The van der Waals surface area contributed by atoms with E-state index < -0.39 is 17.9 Å². The van der Waals surface area contributed by atoms with Crippen LogP contribution in [0, 0.1) is 0 Å². The Morgan fingerprint density at radius 2 is 1.47 bits per heavy atom. The predicted molar refractivity (Wildman–Crippen MR) is 123 cm³/mol. The third-order valence-corrected chi connectivity index (χ3v) is 5.07. The maximum atomic E-state index is 12.7. The van der Waals surface area contributed by atoms with Gasteiger partial charge in [0.25, 0.3) is 0 Å². The molecule has 0 bridgehead atoms. The summed E-state index contributed by atoms with van der Waals surface area (Å²) in [5.74, 6) is -0.400. The predicted octanol–water partition coefficient (Wildman–Crippen LogP) is 4.02. The minimum Gasteiger partial charge on any atom is -0.497 e. The molecule has 0 aliphatic rings. The lowest BCUT2D eigenvalue weighted by Crippen LogP contribution is -2.42. The highest BCUT2D eigenvalue weighted by atomic mass is 16.5. The summed E-state index contributed by atoms with van der Waals surface area (Å²) >= 11 is 0. The van der Waals surface area contributed by atoms with Gasteiger partial charge < -0.3 is 20.1 Å². The second kappa shape index (κ2) is 9.96. The lowest BCUT2D eigenvalue weighted by molar-refractivity contribution is -0.139. The molecular formula is C25H26N2O5. The summed E-state index contributed by atoms with van der Waals surface area (Å²) in [5.41, 5.74) is 1.44. The van der Waals surface area contributed by atoms with Crippen LogP contribution < -0.4 is 20.1 Å². The average Bonchev–Trinajstić information content (AvgIpc) is 2.78. The normalized spacial score (nSPS) is 12.5. The molecule has 0 radical (unpaired) electrons. The SMILES string of the molecule is COc1ccc2cc([C@H](C)C(=O)N[C@@H](C)C(=O)Oc3ccc(NC(C)=O)cc3)ccc2c1. The third kappa shape index (κ3) is 5.63. The van der Waals surface area contributed by atoms with E-state index in [1.54, 1.807) is 45.2 Å². The van der Waals surface area contributed by atoms with E-state index >= 15 is 0 Å². The van der Waals surface area contributed by atoms with E-state index in [2.05, 4.69) is 10.6 Å². The summed E-state index contributed by atoms with van der Waals surface area (Å²) in [5, 5.41) is 7.36. The monoisotopic (exact) mass is 434 g/mol. The number of carbonyl (C=O) groups is 3. The van der Waals surface area contributed by atoms with Crippen molar-refractivity contribution in [2.75, 3.05) is 12.4 Å². The van der Waals surface area contributed by atoms with Gasteiger partial charge in [-0.15, -0.1) is 0 Å². The molecule has 166 valence electrons. The van der Waals surface area contributed by atoms with Crippen molar-refractivity contribution < 1.29 is 23.9 Å². The molecule has 0 saturated carbocycles. The number of anilines is 1. The van der Waals surface area contributed by atoms with Crippen LogP contribution in [-0.2, 0) is 14.4 Å². The number of amides is 2.